The molecule has 0 fully saturated rings. The molecule has 2 rings (SSSR count). The lowest BCUT2D eigenvalue weighted by Crippen LogP contribution is -2.09. The van der Waals surface area contributed by atoms with E-state index in [1.54, 1.807) is 0 Å². The van der Waals surface area contributed by atoms with Crippen LogP contribution in [0.3, 0.4) is 0 Å². The standard InChI is InChI=1S/C33H50O3/c1-5-6-7-8-9-10-11-12-25-35-32-22-20-30(21-23-32)29-16-18-31(19-17-29)33(34)36-26-24-28(4)15-13-14-27(2)3/h16-23,27-28H,5-15,24-26H2,1-4H3. The number of benzene rings is 2. The second-order valence-electron chi connectivity index (χ2n) is 10.8. The highest BCUT2D eigenvalue weighted by molar-refractivity contribution is 5.90. The summed E-state index contributed by atoms with van der Waals surface area (Å²) in [4.78, 5) is 12.4. The molecule has 1 unspecified atom stereocenters. The van der Waals surface area contributed by atoms with Gasteiger partial charge >= 0.3 is 5.97 Å². The van der Waals surface area contributed by atoms with Crippen molar-refractivity contribution >= 4 is 5.97 Å². The Hall–Kier alpha value is -2.29. The minimum absolute atomic E-state index is 0.236. The molecule has 0 amide bonds. The van der Waals surface area contributed by atoms with E-state index in [-0.39, 0.29) is 5.97 Å². The third-order valence-corrected chi connectivity index (χ3v) is 6.90. The highest BCUT2D eigenvalue weighted by Gasteiger charge is 2.10. The van der Waals surface area contributed by atoms with E-state index in [0.29, 0.717) is 18.1 Å². The van der Waals surface area contributed by atoms with E-state index in [9.17, 15) is 4.79 Å². The normalized spacial score (nSPS) is 12.0. The van der Waals surface area contributed by atoms with Gasteiger partial charge in [-0.05, 0) is 60.1 Å². The van der Waals surface area contributed by atoms with E-state index >= 15 is 0 Å². The zero-order valence-electron chi connectivity index (χ0n) is 23.4. The quantitative estimate of drug-likeness (QED) is 0.144. The van der Waals surface area contributed by atoms with Crippen LogP contribution >= 0.6 is 0 Å². The molecule has 0 aliphatic heterocycles. The van der Waals surface area contributed by atoms with E-state index in [0.717, 1.165) is 42.2 Å². The topological polar surface area (TPSA) is 35.5 Å². The van der Waals surface area contributed by atoms with E-state index in [1.807, 2.05) is 36.4 Å². The molecule has 2 aromatic carbocycles. The Kier molecular flexibility index (Phi) is 15.0. The zero-order chi connectivity index (χ0) is 26.0. The molecule has 0 bridgehead atoms. The maximum atomic E-state index is 12.4. The summed E-state index contributed by atoms with van der Waals surface area (Å²) in [5, 5.41) is 0. The molecule has 0 aliphatic carbocycles. The number of carbonyl (C=O) groups excluding carboxylic acids is 1. The third kappa shape index (κ3) is 12.6. The van der Waals surface area contributed by atoms with Crippen LogP contribution in [0.1, 0.15) is 115 Å². The second kappa shape index (κ2) is 18.0. The van der Waals surface area contributed by atoms with Crippen molar-refractivity contribution in [3.63, 3.8) is 0 Å². The minimum Gasteiger partial charge on any atom is -0.494 e. The highest BCUT2D eigenvalue weighted by atomic mass is 16.5. The van der Waals surface area contributed by atoms with Gasteiger partial charge in [-0.2, -0.15) is 0 Å². The summed E-state index contributed by atoms with van der Waals surface area (Å²) in [7, 11) is 0. The smallest absolute Gasteiger partial charge is 0.338 e. The molecule has 0 aromatic heterocycles. The zero-order valence-corrected chi connectivity index (χ0v) is 23.4. The lowest BCUT2D eigenvalue weighted by Gasteiger charge is -2.12. The molecule has 1 atom stereocenters. The fraction of sp³-hybridized carbons (Fsp3) is 0.606. The number of hydrogen-bond acceptors (Lipinski definition) is 3. The molecule has 0 saturated carbocycles. The third-order valence-electron chi connectivity index (χ3n) is 6.90. The van der Waals surface area contributed by atoms with Gasteiger partial charge in [-0.1, -0.05) is 116 Å². The van der Waals surface area contributed by atoms with Crippen LogP contribution in [0.15, 0.2) is 48.5 Å². The lowest BCUT2D eigenvalue weighted by molar-refractivity contribution is 0.0483. The van der Waals surface area contributed by atoms with Crippen molar-refractivity contribution in [2.45, 2.75) is 105 Å². The van der Waals surface area contributed by atoms with Crippen LogP contribution in [-0.4, -0.2) is 19.2 Å². The van der Waals surface area contributed by atoms with Crippen LogP contribution in [0.5, 0.6) is 5.75 Å². The maximum Gasteiger partial charge on any atom is 0.338 e. The Morgan fingerprint density at radius 2 is 1.25 bits per heavy atom. The van der Waals surface area contributed by atoms with Crippen molar-refractivity contribution in [2.24, 2.45) is 11.8 Å². The first kappa shape index (κ1) is 29.9. The Morgan fingerprint density at radius 1 is 0.667 bits per heavy atom. The molecule has 0 N–H and O–H groups in total. The van der Waals surface area contributed by atoms with Crippen LogP contribution in [0.4, 0.5) is 0 Å². The fourth-order valence-electron chi connectivity index (χ4n) is 4.42. The number of unbranched alkanes of at least 4 members (excludes halogenated alkanes) is 7. The summed E-state index contributed by atoms with van der Waals surface area (Å²) in [6.45, 7) is 10.3. The average Bonchev–Trinajstić information content (AvgIpc) is 2.88. The Balaban J connectivity index is 1.66. The van der Waals surface area contributed by atoms with E-state index in [4.69, 9.17) is 9.47 Å². The molecule has 0 spiro atoms. The molecule has 0 radical (unpaired) electrons. The molecular weight excluding hydrogens is 444 g/mol. The number of ether oxygens (including phenoxy) is 2. The van der Waals surface area contributed by atoms with Crippen LogP contribution < -0.4 is 4.74 Å². The molecule has 0 aliphatic rings. The van der Waals surface area contributed by atoms with Crippen LogP contribution in [0, 0.1) is 11.8 Å². The molecule has 3 nitrogen and oxygen atoms in total. The van der Waals surface area contributed by atoms with Crippen LogP contribution in [0.2, 0.25) is 0 Å². The summed E-state index contributed by atoms with van der Waals surface area (Å²) in [5.41, 5.74) is 2.81. The first-order valence-electron chi connectivity index (χ1n) is 14.5. The van der Waals surface area contributed by atoms with Gasteiger partial charge in [-0.15, -0.1) is 0 Å². The fourth-order valence-corrected chi connectivity index (χ4v) is 4.42. The number of rotatable bonds is 19. The molecule has 36 heavy (non-hydrogen) atoms. The first-order chi connectivity index (χ1) is 17.5. The molecule has 3 heteroatoms. The maximum absolute atomic E-state index is 12.4. The summed E-state index contributed by atoms with van der Waals surface area (Å²) < 4.78 is 11.4. The highest BCUT2D eigenvalue weighted by Crippen LogP contribution is 2.23. The number of carbonyl (C=O) groups is 1. The predicted octanol–water partition coefficient (Wildman–Crippen LogP) is 9.88. The Bertz CT molecular complexity index is 823. The van der Waals surface area contributed by atoms with Gasteiger partial charge in [0.1, 0.15) is 5.75 Å². The summed E-state index contributed by atoms with van der Waals surface area (Å²) >= 11 is 0. The monoisotopic (exact) mass is 494 g/mol. The molecule has 0 heterocycles. The summed E-state index contributed by atoms with van der Waals surface area (Å²) in [5.74, 6) is 2.03. The lowest BCUT2D eigenvalue weighted by atomic mass is 9.98. The Morgan fingerprint density at radius 3 is 1.86 bits per heavy atom. The number of esters is 1. The van der Waals surface area contributed by atoms with Crippen molar-refractivity contribution < 1.29 is 14.3 Å². The van der Waals surface area contributed by atoms with Crippen molar-refractivity contribution in [3.8, 4) is 16.9 Å². The van der Waals surface area contributed by atoms with Gasteiger partial charge < -0.3 is 9.47 Å². The van der Waals surface area contributed by atoms with E-state index < -0.39 is 0 Å². The molecule has 2 aromatic rings. The van der Waals surface area contributed by atoms with Crippen LogP contribution in [-0.2, 0) is 4.74 Å². The van der Waals surface area contributed by atoms with Crippen LogP contribution in [0.25, 0.3) is 11.1 Å². The molecule has 200 valence electrons. The minimum atomic E-state index is -0.236. The van der Waals surface area contributed by atoms with Crippen molar-refractivity contribution in [3.05, 3.63) is 54.1 Å². The predicted molar refractivity (Wildman–Crippen MR) is 153 cm³/mol. The van der Waals surface area contributed by atoms with Gasteiger partial charge in [-0.3, -0.25) is 0 Å². The van der Waals surface area contributed by atoms with Gasteiger partial charge in [0.2, 0.25) is 0 Å². The van der Waals surface area contributed by atoms with Gasteiger partial charge in [0.05, 0.1) is 18.8 Å². The van der Waals surface area contributed by atoms with Crippen molar-refractivity contribution in [1.82, 2.24) is 0 Å². The summed E-state index contributed by atoms with van der Waals surface area (Å²) in [6.07, 6.45) is 15.1. The van der Waals surface area contributed by atoms with Crippen molar-refractivity contribution in [1.29, 1.82) is 0 Å². The van der Waals surface area contributed by atoms with E-state index in [1.165, 1.54) is 64.2 Å². The van der Waals surface area contributed by atoms with Gasteiger partial charge in [0.15, 0.2) is 0 Å². The van der Waals surface area contributed by atoms with E-state index in [2.05, 4.69) is 39.8 Å². The van der Waals surface area contributed by atoms with Gasteiger partial charge in [-0.25, -0.2) is 4.79 Å². The largest absolute Gasteiger partial charge is 0.494 e. The Labute approximate surface area is 221 Å². The van der Waals surface area contributed by atoms with Crippen molar-refractivity contribution in [2.75, 3.05) is 13.2 Å². The molecule has 0 saturated heterocycles. The number of hydrogen-bond donors (Lipinski definition) is 0. The first-order valence-corrected chi connectivity index (χ1v) is 14.5. The summed E-state index contributed by atoms with van der Waals surface area (Å²) in [6, 6.07) is 15.9. The van der Waals surface area contributed by atoms with Gasteiger partial charge in [0, 0.05) is 0 Å². The SMILES string of the molecule is CCCCCCCCCCOc1ccc(-c2ccc(C(=O)OCCC(C)CCCC(C)C)cc2)cc1. The van der Waals surface area contributed by atoms with Gasteiger partial charge in [0.25, 0.3) is 0 Å². The second-order valence-corrected chi connectivity index (χ2v) is 10.8. The average molecular weight is 495 g/mol. The molecular formula is C33H50O3.